The Balaban J connectivity index is 1.51. The van der Waals surface area contributed by atoms with Crippen LogP contribution in [0.5, 0.6) is 17.2 Å². The van der Waals surface area contributed by atoms with Gasteiger partial charge in [0.2, 0.25) is 5.75 Å². The highest BCUT2D eigenvalue weighted by molar-refractivity contribution is 6.31. The Morgan fingerprint density at radius 3 is 2.39 bits per heavy atom. The van der Waals surface area contributed by atoms with Crippen LogP contribution in [0.4, 0.5) is 0 Å². The lowest BCUT2D eigenvalue weighted by Gasteiger charge is -2.22. The molecular weight excluding hydrogens is 502 g/mol. The van der Waals surface area contributed by atoms with E-state index in [1.807, 2.05) is 42.5 Å². The molecule has 3 aromatic carbocycles. The summed E-state index contributed by atoms with van der Waals surface area (Å²) < 4.78 is 18.8. The maximum absolute atomic E-state index is 13.5. The molecule has 0 saturated heterocycles. The molecule has 0 atom stereocenters. The minimum atomic E-state index is -0.175. The van der Waals surface area contributed by atoms with Crippen LogP contribution < -0.4 is 19.8 Å². The third-order valence-electron chi connectivity index (χ3n) is 6.88. The molecule has 1 fully saturated rings. The maximum atomic E-state index is 13.5. The number of aromatic nitrogens is 2. The van der Waals surface area contributed by atoms with Gasteiger partial charge in [0.25, 0.3) is 5.56 Å². The average molecular weight is 532 g/mol. The minimum Gasteiger partial charge on any atom is -0.493 e. The summed E-state index contributed by atoms with van der Waals surface area (Å²) in [6, 6.07) is 18.5. The van der Waals surface area contributed by atoms with Crippen LogP contribution in [0, 0.1) is 0 Å². The number of ether oxygens (including phenoxy) is 3. The Kier molecular flexibility index (Phi) is 7.94. The normalized spacial score (nSPS) is 14.2. The lowest BCUT2D eigenvalue weighted by Crippen LogP contribution is -2.25. The summed E-state index contributed by atoms with van der Waals surface area (Å²) in [4.78, 5) is 18.4. The second-order valence-electron chi connectivity index (χ2n) is 9.32. The first-order chi connectivity index (χ1) is 18.6. The molecule has 196 valence electrons. The number of fused-ring (bicyclic) bond motifs is 1. The summed E-state index contributed by atoms with van der Waals surface area (Å²) in [6.07, 6.45) is 7.09. The fourth-order valence-electron chi connectivity index (χ4n) is 4.88. The number of para-hydroxylation sites is 1. The topological polar surface area (TPSA) is 74.9 Å². The van der Waals surface area contributed by atoms with Crippen molar-refractivity contribution < 1.29 is 14.2 Å². The second-order valence-corrected chi connectivity index (χ2v) is 9.73. The number of nitrogens with zero attached hydrogens (tertiary/aromatic N) is 3. The molecule has 0 aliphatic heterocycles. The Hall–Kier alpha value is -3.84. The average Bonchev–Trinajstić information content (AvgIpc) is 2.96. The molecule has 0 N–H and O–H groups in total. The first-order valence-corrected chi connectivity index (χ1v) is 13.1. The SMILES string of the molecule is COc1cc(C=Nn2c(C3CCCCC3)nc3ccccc3c2=O)cc(OC)c1OCc1ccccc1Cl. The van der Waals surface area contributed by atoms with Crippen LogP contribution in [0.15, 0.2) is 70.6 Å². The molecule has 0 unspecified atom stereocenters. The molecule has 1 aliphatic rings. The van der Waals surface area contributed by atoms with Gasteiger partial charge in [0.15, 0.2) is 11.5 Å². The van der Waals surface area contributed by atoms with Crippen molar-refractivity contribution in [3.8, 4) is 17.2 Å². The molecule has 4 aromatic rings. The predicted molar refractivity (Wildman–Crippen MR) is 150 cm³/mol. The number of hydrogen-bond donors (Lipinski definition) is 0. The van der Waals surface area contributed by atoms with Gasteiger partial charge in [0, 0.05) is 22.1 Å². The summed E-state index contributed by atoms with van der Waals surface area (Å²) >= 11 is 6.29. The van der Waals surface area contributed by atoms with Gasteiger partial charge in [-0.25, -0.2) is 4.98 Å². The van der Waals surface area contributed by atoms with Crippen molar-refractivity contribution in [3.05, 3.63) is 93.0 Å². The van der Waals surface area contributed by atoms with Crippen molar-refractivity contribution in [2.24, 2.45) is 5.10 Å². The van der Waals surface area contributed by atoms with Crippen molar-refractivity contribution in [1.29, 1.82) is 0 Å². The molecule has 0 radical (unpaired) electrons. The van der Waals surface area contributed by atoms with Crippen molar-refractivity contribution in [3.63, 3.8) is 0 Å². The summed E-state index contributed by atoms with van der Waals surface area (Å²) in [5.74, 6) is 2.33. The van der Waals surface area contributed by atoms with Crippen molar-refractivity contribution in [2.45, 2.75) is 44.6 Å². The van der Waals surface area contributed by atoms with E-state index in [2.05, 4.69) is 5.10 Å². The van der Waals surface area contributed by atoms with Gasteiger partial charge >= 0.3 is 0 Å². The Morgan fingerprint density at radius 1 is 1.00 bits per heavy atom. The molecule has 7 nitrogen and oxygen atoms in total. The first kappa shape index (κ1) is 25.8. The van der Waals surface area contributed by atoms with Crippen LogP contribution in [0.3, 0.4) is 0 Å². The highest BCUT2D eigenvalue weighted by Crippen LogP contribution is 2.39. The van der Waals surface area contributed by atoms with E-state index in [-0.39, 0.29) is 18.1 Å². The Bertz CT molecular complexity index is 1500. The molecule has 1 saturated carbocycles. The van der Waals surface area contributed by atoms with Gasteiger partial charge in [-0.05, 0) is 43.2 Å². The molecule has 0 bridgehead atoms. The van der Waals surface area contributed by atoms with Gasteiger partial charge in [-0.1, -0.05) is 61.2 Å². The summed E-state index contributed by atoms with van der Waals surface area (Å²) in [5.41, 5.74) is 2.07. The molecule has 5 rings (SSSR count). The van der Waals surface area contributed by atoms with E-state index in [0.29, 0.717) is 44.6 Å². The van der Waals surface area contributed by atoms with Gasteiger partial charge in [-0.15, -0.1) is 0 Å². The highest BCUT2D eigenvalue weighted by Gasteiger charge is 2.22. The van der Waals surface area contributed by atoms with E-state index in [4.69, 9.17) is 30.8 Å². The minimum absolute atomic E-state index is 0.175. The summed E-state index contributed by atoms with van der Waals surface area (Å²) in [7, 11) is 3.13. The zero-order valence-electron chi connectivity index (χ0n) is 21.5. The monoisotopic (exact) mass is 531 g/mol. The largest absolute Gasteiger partial charge is 0.493 e. The fourth-order valence-corrected chi connectivity index (χ4v) is 5.07. The molecule has 1 aliphatic carbocycles. The molecule has 1 heterocycles. The van der Waals surface area contributed by atoms with Crippen LogP contribution in [0.1, 0.15) is 55.0 Å². The molecule has 38 heavy (non-hydrogen) atoms. The summed E-state index contributed by atoms with van der Waals surface area (Å²) in [5, 5.41) is 5.80. The number of hydrogen-bond acceptors (Lipinski definition) is 6. The number of benzene rings is 3. The van der Waals surface area contributed by atoms with Crippen LogP contribution >= 0.6 is 11.6 Å². The number of halogens is 1. The van der Waals surface area contributed by atoms with Crippen LogP contribution in [-0.4, -0.2) is 30.1 Å². The van der Waals surface area contributed by atoms with Gasteiger partial charge < -0.3 is 14.2 Å². The van der Waals surface area contributed by atoms with E-state index in [0.717, 1.165) is 31.2 Å². The summed E-state index contributed by atoms with van der Waals surface area (Å²) in [6.45, 7) is 0.253. The predicted octanol–water partition coefficient (Wildman–Crippen LogP) is 6.58. The number of methoxy groups -OCH3 is 2. The Morgan fingerprint density at radius 2 is 1.68 bits per heavy atom. The first-order valence-electron chi connectivity index (χ1n) is 12.8. The lowest BCUT2D eigenvalue weighted by atomic mass is 9.88. The zero-order valence-corrected chi connectivity index (χ0v) is 22.3. The van der Waals surface area contributed by atoms with Gasteiger partial charge in [-0.2, -0.15) is 9.78 Å². The van der Waals surface area contributed by atoms with Gasteiger partial charge in [-0.3, -0.25) is 4.79 Å². The van der Waals surface area contributed by atoms with Crippen LogP contribution in [0.25, 0.3) is 10.9 Å². The number of rotatable bonds is 8. The maximum Gasteiger partial charge on any atom is 0.282 e. The zero-order chi connectivity index (χ0) is 26.5. The molecule has 0 spiro atoms. The van der Waals surface area contributed by atoms with Crippen molar-refractivity contribution >= 4 is 28.7 Å². The fraction of sp³-hybridized carbons (Fsp3) is 0.300. The van der Waals surface area contributed by atoms with Crippen molar-refractivity contribution in [1.82, 2.24) is 9.66 Å². The molecule has 8 heteroatoms. The lowest BCUT2D eigenvalue weighted by molar-refractivity contribution is 0.266. The van der Waals surface area contributed by atoms with E-state index >= 15 is 0 Å². The smallest absolute Gasteiger partial charge is 0.282 e. The van der Waals surface area contributed by atoms with Gasteiger partial charge in [0.1, 0.15) is 12.4 Å². The van der Waals surface area contributed by atoms with Gasteiger partial charge in [0.05, 0.1) is 31.3 Å². The second kappa shape index (κ2) is 11.7. The molecule has 1 aromatic heterocycles. The van der Waals surface area contributed by atoms with E-state index in [1.165, 1.54) is 11.1 Å². The standard InChI is InChI=1S/C30H30ClN3O4/c1-36-26-16-20(17-27(37-2)28(26)38-19-22-12-6-8-14-24(22)31)18-32-34-29(21-10-4-3-5-11-21)33-25-15-9-7-13-23(25)30(34)35/h6-9,12-18,21H,3-5,10-11,19H2,1-2H3. The van der Waals surface area contributed by atoms with Crippen LogP contribution in [0.2, 0.25) is 5.02 Å². The van der Waals surface area contributed by atoms with Crippen molar-refractivity contribution in [2.75, 3.05) is 14.2 Å². The molecular formula is C30H30ClN3O4. The highest BCUT2D eigenvalue weighted by atomic mass is 35.5. The van der Waals surface area contributed by atoms with E-state index in [1.54, 1.807) is 38.6 Å². The Labute approximate surface area is 226 Å². The van der Waals surface area contributed by atoms with E-state index in [9.17, 15) is 4.79 Å². The third-order valence-corrected chi connectivity index (χ3v) is 7.25. The molecule has 0 amide bonds. The van der Waals surface area contributed by atoms with Crippen LogP contribution in [-0.2, 0) is 6.61 Å². The third kappa shape index (κ3) is 5.38. The van der Waals surface area contributed by atoms with E-state index < -0.39 is 0 Å². The quantitative estimate of drug-likeness (QED) is 0.240.